The van der Waals surface area contributed by atoms with Gasteiger partial charge in [0.15, 0.2) is 23.0 Å². The Hall–Kier alpha value is -1.98. The summed E-state index contributed by atoms with van der Waals surface area (Å²) in [6, 6.07) is 11.9. The molecular formula is C23H22Br2ClNO6S. The lowest BCUT2D eigenvalue weighted by Crippen LogP contribution is -2.30. The number of ether oxygens (including phenoxy) is 4. The summed E-state index contributed by atoms with van der Waals surface area (Å²) in [5, 5.41) is 0.431. The van der Waals surface area contributed by atoms with E-state index in [2.05, 4.69) is 36.6 Å². The summed E-state index contributed by atoms with van der Waals surface area (Å²) < 4.78 is 52.5. The van der Waals surface area contributed by atoms with Crippen molar-refractivity contribution in [3.05, 3.63) is 73.6 Å². The summed E-state index contributed by atoms with van der Waals surface area (Å²) in [5.41, 5.74) is 1.17. The molecule has 34 heavy (non-hydrogen) atoms. The van der Waals surface area contributed by atoms with E-state index < -0.39 is 16.1 Å². The number of benzene rings is 3. The maximum atomic E-state index is 13.4. The van der Waals surface area contributed by atoms with E-state index in [1.165, 1.54) is 52.7 Å². The zero-order chi connectivity index (χ0) is 25.0. The first-order chi connectivity index (χ1) is 16.1. The van der Waals surface area contributed by atoms with E-state index in [1.54, 1.807) is 24.3 Å². The van der Waals surface area contributed by atoms with Crippen LogP contribution in [0.25, 0.3) is 0 Å². The SMILES string of the molecule is COc1cc(Br)c(C(NS(=O)(=O)c2ccc(Cl)cc2)c2cc(OC)c(OC)cc2Br)cc1OC. The van der Waals surface area contributed by atoms with Gasteiger partial charge in [-0.25, -0.2) is 8.42 Å². The number of methoxy groups -OCH3 is 4. The Balaban J connectivity index is 2.24. The van der Waals surface area contributed by atoms with Crippen LogP contribution in [0.3, 0.4) is 0 Å². The summed E-state index contributed by atoms with van der Waals surface area (Å²) in [4.78, 5) is 0.0649. The number of sulfonamides is 1. The van der Waals surface area contributed by atoms with Crippen molar-refractivity contribution in [2.24, 2.45) is 0 Å². The highest BCUT2D eigenvalue weighted by Crippen LogP contribution is 2.43. The highest BCUT2D eigenvalue weighted by atomic mass is 79.9. The molecule has 0 aliphatic heterocycles. The van der Waals surface area contributed by atoms with E-state index in [4.69, 9.17) is 30.5 Å². The largest absolute Gasteiger partial charge is 0.493 e. The summed E-state index contributed by atoms with van der Waals surface area (Å²) >= 11 is 13.0. The van der Waals surface area contributed by atoms with Gasteiger partial charge in [0.1, 0.15) is 0 Å². The van der Waals surface area contributed by atoms with Crippen LogP contribution in [0.5, 0.6) is 23.0 Å². The van der Waals surface area contributed by atoms with Crippen LogP contribution >= 0.6 is 43.5 Å². The van der Waals surface area contributed by atoms with Gasteiger partial charge in [-0.05, 0) is 59.7 Å². The number of halogens is 3. The number of hydrogen-bond acceptors (Lipinski definition) is 6. The monoisotopic (exact) mass is 633 g/mol. The van der Waals surface area contributed by atoms with Crippen LogP contribution in [-0.4, -0.2) is 36.9 Å². The molecule has 0 spiro atoms. The third-order valence-electron chi connectivity index (χ3n) is 5.02. The molecule has 3 rings (SSSR count). The molecule has 0 atom stereocenters. The molecule has 0 unspecified atom stereocenters. The fourth-order valence-corrected chi connectivity index (χ4v) is 5.74. The van der Waals surface area contributed by atoms with Crippen molar-refractivity contribution >= 4 is 53.5 Å². The van der Waals surface area contributed by atoms with Gasteiger partial charge >= 0.3 is 0 Å². The molecule has 0 radical (unpaired) electrons. The van der Waals surface area contributed by atoms with Gasteiger partial charge < -0.3 is 18.9 Å². The molecule has 11 heteroatoms. The summed E-state index contributed by atoms with van der Waals surface area (Å²) in [7, 11) is 2.09. The van der Waals surface area contributed by atoms with Crippen LogP contribution in [0, 0.1) is 0 Å². The minimum absolute atomic E-state index is 0.0649. The van der Waals surface area contributed by atoms with Crippen LogP contribution < -0.4 is 23.7 Å². The van der Waals surface area contributed by atoms with Crippen LogP contribution in [-0.2, 0) is 10.0 Å². The Morgan fingerprint density at radius 3 is 1.50 bits per heavy atom. The maximum Gasteiger partial charge on any atom is 0.241 e. The Morgan fingerprint density at radius 1 is 0.735 bits per heavy atom. The molecule has 1 N–H and O–H groups in total. The lowest BCUT2D eigenvalue weighted by Gasteiger charge is -2.24. The summed E-state index contributed by atoms with van der Waals surface area (Å²) in [6.07, 6.45) is 0. The molecule has 0 aromatic heterocycles. The minimum Gasteiger partial charge on any atom is -0.493 e. The normalized spacial score (nSPS) is 11.4. The Bertz CT molecular complexity index is 1220. The van der Waals surface area contributed by atoms with Crippen LogP contribution in [0.2, 0.25) is 5.02 Å². The van der Waals surface area contributed by atoms with Gasteiger partial charge in [0, 0.05) is 14.0 Å². The molecular weight excluding hydrogens is 614 g/mol. The number of nitrogens with one attached hydrogen (secondary N) is 1. The first kappa shape index (κ1) is 26.6. The topological polar surface area (TPSA) is 83.1 Å². The van der Waals surface area contributed by atoms with E-state index in [9.17, 15) is 8.42 Å². The predicted octanol–water partition coefficient (Wildman–Crippen LogP) is 5.97. The molecule has 0 amide bonds. The number of hydrogen-bond donors (Lipinski definition) is 1. The highest BCUT2D eigenvalue weighted by Gasteiger charge is 2.29. The molecule has 182 valence electrons. The second kappa shape index (κ2) is 11.2. The van der Waals surface area contributed by atoms with E-state index in [0.717, 1.165) is 0 Å². The fraction of sp³-hybridized carbons (Fsp3) is 0.217. The quantitative estimate of drug-likeness (QED) is 0.312. The highest BCUT2D eigenvalue weighted by molar-refractivity contribution is 9.10. The molecule has 3 aromatic rings. The molecule has 0 fully saturated rings. The van der Waals surface area contributed by atoms with Gasteiger partial charge in [-0.3, -0.25) is 0 Å². The van der Waals surface area contributed by atoms with Crippen LogP contribution in [0.4, 0.5) is 0 Å². The van der Waals surface area contributed by atoms with Crippen molar-refractivity contribution in [1.29, 1.82) is 0 Å². The first-order valence-corrected chi connectivity index (χ1v) is 13.2. The van der Waals surface area contributed by atoms with Crippen molar-refractivity contribution in [2.45, 2.75) is 10.9 Å². The predicted molar refractivity (Wildman–Crippen MR) is 138 cm³/mol. The number of rotatable bonds is 9. The van der Waals surface area contributed by atoms with E-state index in [1.807, 2.05) is 0 Å². The van der Waals surface area contributed by atoms with Crippen molar-refractivity contribution in [2.75, 3.05) is 28.4 Å². The Labute approximate surface area is 220 Å². The van der Waals surface area contributed by atoms with Gasteiger partial charge in [0.05, 0.1) is 39.4 Å². The van der Waals surface area contributed by atoms with Crippen molar-refractivity contribution in [3.63, 3.8) is 0 Å². The van der Waals surface area contributed by atoms with E-state index >= 15 is 0 Å². The molecule has 7 nitrogen and oxygen atoms in total. The molecule has 0 saturated heterocycles. The smallest absolute Gasteiger partial charge is 0.241 e. The minimum atomic E-state index is -3.97. The molecule has 0 heterocycles. The molecule has 3 aromatic carbocycles. The van der Waals surface area contributed by atoms with Gasteiger partial charge in [0.2, 0.25) is 10.0 Å². The fourth-order valence-electron chi connectivity index (χ4n) is 3.31. The van der Waals surface area contributed by atoms with Gasteiger partial charge in [0.25, 0.3) is 0 Å². The summed E-state index contributed by atoms with van der Waals surface area (Å²) in [6.45, 7) is 0. The third kappa shape index (κ3) is 5.63. The van der Waals surface area contributed by atoms with E-state index in [0.29, 0.717) is 48.1 Å². The second-order valence-electron chi connectivity index (χ2n) is 6.97. The van der Waals surface area contributed by atoms with Gasteiger partial charge in [-0.1, -0.05) is 43.5 Å². The standard InChI is InChI=1S/C23H22Br2ClNO6S/c1-30-19-9-15(17(24)11-21(19)32-3)23(16-10-20(31-2)22(33-4)12-18(16)25)27-34(28,29)14-7-5-13(26)6-8-14/h5-12,23,27H,1-4H3. The van der Waals surface area contributed by atoms with E-state index in [-0.39, 0.29) is 4.90 Å². The zero-order valence-corrected chi connectivity index (χ0v) is 23.4. The van der Waals surface area contributed by atoms with Crippen molar-refractivity contribution < 1.29 is 27.4 Å². The lowest BCUT2D eigenvalue weighted by atomic mass is 9.98. The molecule has 0 aliphatic rings. The van der Waals surface area contributed by atoms with Crippen LogP contribution in [0.15, 0.2) is 62.4 Å². The lowest BCUT2D eigenvalue weighted by molar-refractivity contribution is 0.353. The second-order valence-corrected chi connectivity index (χ2v) is 10.8. The van der Waals surface area contributed by atoms with Crippen molar-refractivity contribution in [3.8, 4) is 23.0 Å². The average Bonchev–Trinajstić information content (AvgIpc) is 2.82. The zero-order valence-electron chi connectivity index (χ0n) is 18.7. The maximum absolute atomic E-state index is 13.4. The van der Waals surface area contributed by atoms with Gasteiger partial charge in [-0.2, -0.15) is 4.72 Å². The third-order valence-corrected chi connectivity index (χ3v) is 8.09. The summed E-state index contributed by atoms with van der Waals surface area (Å²) in [5.74, 6) is 1.86. The first-order valence-electron chi connectivity index (χ1n) is 9.75. The van der Waals surface area contributed by atoms with Crippen molar-refractivity contribution in [1.82, 2.24) is 4.72 Å². The van der Waals surface area contributed by atoms with Gasteiger partial charge in [-0.15, -0.1) is 0 Å². The average molecular weight is 636 g/mol. The van der Waals surface area contributed by atoms with Crippen LogP contribution in [0.1, 0.15) is 17.2 Å². The molecule has 0 saturated carbocycles. The molecule has 0 aliphatic carbocycles. The molecule has 0 bridgehead atoms. The Morgan fingerprint density at radius 2 is 1.12 bits per heavy atom. The Kier molecular flexibility index (Phi) is 8.75.